The van der Waals surface area contributed by atoms with Crippen molar-refractivity contribution in [1.29, 1.82) is 0 Å². The van der Waals surface area contributed by atoms with Crippen molar-refractivity contribution in [1.82, 2.24) is 9.97 Å². The normalized spacial score (nSPS) is 12.1. The summed E-state index contributed by atoms with van der Waals surface area (Å²) in [7, 11) is 0. The molecule has 0 N–H and O–H groups in total. The zero-order valence-electron chi connectivity index (χ0n) is 12.1. The first kappa shape index (κ1) is 14.8. The third kappa shape index (κ3) is 2.94. The van der Waals surface area contributed by atoms with E-state index in [1.165, 1.54) is 30.5 Å². The van der Waals surface area contributed by atoms with Crippen LogP contribution in [0.25, 0.3) is 10.9 Å². The summed E-state index contributed by atoms with van der Waals surface area (Å²) < 4.78 is 19.4. The SMILES string of the molecule is C[C@@H](Oc1cccnc1[N+](=O)[O-])c1cc(F)cc2cccnc12. The van der Waals surface area contributed by atoms with Gasteiger partial charge >= 0.3 is 5.82 Å². The summed E-state index contributed by atoms with van der Waals surface area (Å²) in [4.78, 5) is 18.3. The second-order valence-electron chi connectivity index (χ2n) is 4.91. The number of ether oxygens (including phenoxy) is 1. The van der Waals surface area contributed by atoms with Gasteiger partial charge in [0.1, 0.15) is 18.1 Å². The number of pyridine rings is 2. The van der Waals surface area contributed by atoms with Gasteiger partial charge in [0.15, 0.2) is 0 Å². The van der Waals surface area contributed by atoms with E-state index in [4.69, 9.17) is 4.74 Å². The third-order valence-corrected chi connectivity index (χ3v) is 3.36. The number of rotatable bonds is 4. The van der Waals surface area contributed by atoms with E-state index in [-0.39, 0.29) is 11.6 Å². The van der Waals surface area contributed by atoms with Crippen molar-refractivity contribution < 1.29 is 14.1 Å². The van der Waals surface area contributed by atoms with E-state index in [1.54, 1.807) is 25.3 Å². The van der Waals surface area contributed by atoms with Gasteiger partial charge < -0.3 is 14.9 Å². The quantitative estimate of drug-likeness (QED) is 0.540. The minimum Gasteiger partial charge on any atom is -0.478 e. The van der Waals surface area contributed by atoms with Crippen molar-refractivity contribution >= 4 is 16.7 Å². The maximum absolute atomic E-state index is 13.8. The summed E-state index contributed by atoms with van der Waals surface area (Å²) >= 11 is 0. The smallest absolute Gasteiger partial charge is 0.406 e. The van der Waals surface area contributed by atoms with E-state index < -0.39 is 16.8 Å². The molecular weight excluding hydrogens is 301 g/mol. The molecule has 3 rings (SSSR count). The van der Waals surface area contributed by atoms with Crippen molar-refractivity contribution in [3.05, 3.63) is 70.3 Å². The maximum Gasteiger partial charge on any atom is 0.406 e. The van der Waals surface area contributed by atoms with E-state index in [0.29, 0.717) is 16.5 Å². The van der Waals surface area contributed by atoms with Crippen LogP contribution in [0, 0.1) is 15.9 Å². The minimum absolute atomic E-state index is 0.0262. The van der Waals surface area contributed by atoms with Gasteiger partial charge in [-0.2, -0.15) is 0 Å². The molecule has 0 aliphatic carbocycles. The second kappa shape index (κ2) is 5.96. The predicted molar refractivity (Wildman–Crippen MR) is 81.6 cm³/mol. The topological polar surface area (TPSA) is 78.2 Å². The number of fused-ring (bicyclic) bond motifs is 1. The molecule has 0 saturated carbocycles. The molecule has 0 aliphatic heterocycles. The number of halogens is 1. The number of hydrogen-bond donors (Lipinski definition) is 0. The van der Waals surface area contributed by atoms with Crippen LogP contribution < -0.4 is 4.74 Å². The first-order chi connectivity index (χ1) is 11.1. The standard InChI is InChI=1S/C16H12FN3O3/c1-10(23-14-5-3-7-19-16(14)20(21)22)13-9-12(17)8-11-4-2-6-18-15(11)13/h2-10H,1H3/t10-/m1/s1. The van der Waals surface area contributed by atoms with E-state index in [0.717, 1.165) is 0 Å². The van der Waals surface area contributed by atoms with Gasteiger partial charge in [-0.25, -0.2) is 4.39 Å². The Morgan fingerprint density at radius 2 is 1.96 bits per heavy atom. The molecule has 0 bridgehead atoms. The molecule has 116 valence electrons. The van der Waals surface area contributed by atoms with Crippen LogP contribution in [-0.4, -0.2) is 14.9 Å². The third-order valence-electron chi connectivity index (χ3n) is 3.36. The fourth-order valence-electron chi connectivity index (χ4n) is 2.36. The molecule has 0 unspecified atom stereocenters. The highest BCUT2D eigenvalue weighted by atomic mass is 19.1. The summed E-state index contributed by atoms with van der Waals surface area (Å²) in [5.74, 6) is -0.775. The number of nitrogens with zero attached hydrogens (tertiary/aromatic N) is 3. The minimum atomic E-state index is -0.633. The van der Waals surface area contributed by atoms with Crippen LogP contribution in [0.1, 0.15) is 18.6 Å². The molecule has 0 radical (unpaired) electrons. The molecule has 2 aromatic heterocycles. The largest absolute Gasteiger partial charge is 0.478 e. The molecule has 0 amide bonds. The summed E-state index contributed by atoms with van der Waals surface area (Å²) in [6.07, 6.45) is 2.28. The number of benzene rings is 1. The van der Waals surface area contributed by atoms with Gasteiger partial charge in [-0.3, -0.25) is 4.98 Å². The molecule has 0 saturated heterocycles. The molecule has 23 heavy (non-hydrogen) atoms. The summed E-state index contributed by atoms with van der Waals surface area (Å²) in [5, 5.41) is 11.6. The van der Waals surface area contributed by atoms with Gasteiger partial charge in [0.05, 0.1) is 5.52 Å². The van der Waals surface area contributed by atoms with E-state index >= 15 is 0 Å². The Balaban J connectivity index is 2.02. The van der Waals surface area contributed by atoms with Gasteiger partial charge in [-0.1, -0.05) is 6.07 Å². The Morgan fingerprint density at radius 1 is 1.22 bits per heavy atom. The Labute approximate surface area is 130 Å². The van der Waals surface area contributed by atoms with Crippen LogP contribution in [0.3, 0.4) is 0 Å². The molecule has 7 heteroatoms. The summed E-state index contributed by atoms with van der Waals surface area (Å²) in [5.41, 5.74) is 1.10. The van der Waals surface area contributed by atoms with Crippen molar-refractivity contribution in [2.45, 2.75) is 13.0 Å². The summed E-state index contributed by atoms with van der Waals surface area (Å²) in [6.45, 7) is 1.68. The lowest BCUT2D eigenvalue weighted by atomic mass is 10.1. The Bertz CT molecular complexity index is 885. The van der Waals surface area contributed by atoms with Gasteiger partial charge in [-0.15, -0.1) is 0 Å². The molecule has 2 heterocycles. The van der Waals surface area contributed by atoms with Crippen LogP contribution in [0.2, 0.25) is 0 Å². The molecular formula is C16H12FN3O3. The lowest BCUT2D eigenvalue weighted by molar-refractivity contribution is -0.390. The molecule has 3 aromatic rings. The second-order valence-corrected chi connectivity index (χ2v) is 4.91. The fourth-order valence-corrected chi connectivity index (χ4v) is 2.36. The Morgan fingerprint density at radius 3 is 2.74 bits per heavy atom. The van der Waals surface area contributed by atoms with Crippen LogP contribution >= 0.6 is 0 Å². The van der Waals surface area contributed by atoms with Crippen LogP contribution in [-0.2, 0) is 0 Å². The molecule has 6 nitrogen and oxygen atoms in total. The molecule has 0 fully saturated rings. The lowest BCUT2D eigenvalue weighted by Crippen LogP contribution is -2.07. The van der Waals surface area contributed by atoms with Gasteiger partial charge in [-0.05, 0) is 47.2 Å². The van der Waals surface area contributed by atoms with E-state index in [1.807, 2.05) is 0 Å². The average Bonchev–Trinajstić information content (AvgIpc) is 2.54. The number of aromatic nitrogens is 2. The maximum atomic E-state index is 13.8. The van der Waals surface area contributed by atoms with E-state index in [2.05, 4.69) is 9.97 Å². The summed E-state index contributed by atoms with van der Waals surface area (Å²) in [6, 6.07) is 9.15. The predicted octanol–water partition coefficient (Wildman–Crippen LogP) is 3.82. The highest BCUT2D eigenvalue weighted by Crippen LogP contribution is 2.31. The monoisotopic (exact) mass is 313 g/mol. The highest BCUT2D eigenvalue weighted by Gasteiger charge is 2.20. The van der Waals surface area contributed by atoms with Crippen LogP contribution in [0.5, 0.6) is 5.75 Å². The van der Waals surface area contributed by atoms with Gasteiger partial charge in [0, 0.05) is 17.1 Å². The van der Waals surface area contributed by atoms with Crippen molar-refractivity contribution in [3.63, 3.8) is 0 Å². The lowest BCUT2D eigenvalue weighted by Gasteiger charge is -2.16. The zero-order chi connectivity index (χ0) is 16.4. The first-order valence-corrected chi connectivity index (χ1v) is 6.86. The zero-order valence-corrected chi connectivity index (χ0v) is 12.1. The number of hydrogen-bond acceptors (Lipinski definition) is 5. The van der Waals surface area contributed by atoms with E-state index in [9.17, 15) is 14.5 Å². The molecule has 1 atom stereocenters. The van der Waals surface area contributed by atoms with Gasteiger partial charge in [0.25, 0.3) is 0 Å². The number of nitro groups is 1. The fraction of sp³-hybridized carbons (Fsp3) is 0.125. The molecule has 0 spiro atoms. The molecule has 1 aromatic carbocycles. The van der Waals surface area contributed by atoms with Crippen LogP contribution in [0.15, 0.2) is 48.8 Å². The van der Waals surface area contributed by atoms with Crippen molar-refractivity contribution in [2.75, 3.05) is 0 Å². The Hall–Kier alpha value is -3.09. The van der Waals surface area contributed by atoms with Crippen molar-refractivity contribution in [3.8, 4) is 5.75 Å². The average molecular weight is 313 g/mol. The first-order valence-electron chi connectivity index (χ1n) is 6.86. The van der Waals surface area contributed by atoms with Gasteiger partial charge in [0.2, 0.25) is 5.75 Å². The Kier molecular flexibility index (Phi) is 3.84. The molecule has 0 aliphatic rings. The van der Waals surface area contributed by atoms with Crippen molar-refractivity contribution in [2.24, 2.45) is 0 Å². The highest BCUT2D eigenvalue weighted by molar-refractivity contribution is 5.82. The van der Waals surface area contributed by atoms with Crippen LogP contribution in [0.4, 0.5) is 10.2 Å².